The summed E-state index contributed by atoms with van der Waals surface area (Å²) < 4.78 is 0. The quantitative estimate of drug-likeness (QED) is 0.548. The van der Waals surface area contributed by atoms with Crippen molar-refractivity contribution < 1.29 is 9.90 Å². The summed E-state index contributed by atoms with van der Waals surface area (Å²) in [5.74, 6) is -0.0533. The molecule has 1 rings (SSSR count). The Morgan fingerprint density at radius 3 is 2.64 bits per heavy atom. The minimum atomic E-state index is -0.119. The molecule has 1 saturated heterocycles. The summed E-state index contributed by atoms with van der Waals surface area (Å²) in [6, 6.07) is -0.119. The van der Waals surface area contributed by atoms with Crippen molar-refractivity contribution in [3.63, 3.8) is 0 Å². The van der Waals surface area contributed by atoms with Crippen LogP contribution >= 0.6 is 0 Å². The van der Waals surface area contributed by atoms with E-state index in [-0.39, 0.29) is 18.6 Å². The summed E-state index contributed by atoms with van der Waals surface area (Å²) in [7, 11) is 0. The fraction of sp³-hybridized carbons (Fsp3) is 0.700. The maximum absolute atomic E-state index is 11.6. The third-order valence-electron chi connectivity index (χ3n) is 2.60. The van der Waals surface area contributed by atoms with E-state index in [1.54, 1.807) is 0 Å². The number of aliphatic hydroxyl groups is 1. The van der Waals surface area contributed by atoms with Crippen molar-refractivity contribution in [1.82, 2.24) is 10.6 Å². The molecule has 1 heterocycles. The molecule has 0 radical (unpaired) electrons. The summed E-state index contributed by atoms with van der Waals surface area (Å²) >= 11 is 0. The fourth-order valence-electron chi connectivity index (χ4n) is 1.25. The number of aliphatic hydroxyl groups excluding tert-OH is 1. The van der Waals surface area contributed by atoms with Crippen molar-refractivity contribution in [3.05, 3.63) is 11.1 Å². The highest BCUT2D eigenvalue weighted by Gasteiger charge is 2.17. The first-order chi connectivity index (χ1) is 6.69. The molecule has 4 heteroatoms. The summed E-state index contributed by atoms with van der Waals surface area (Å²) in [5, 5.41) is 14.8. The molecule has 0 aromatic heterocycles. The van der Waals surface area contributed by atoms with Crippen LogP contribution in [0.3, 0.4) is 0 Å². The number of hydrogen-bond acceptors (Lipinski definition) is 3. The van der Waals surface area contributed by atoms with Crippen LogP contribution < -0.4 is 10.6 Å². The van der Waals surface area contributed by atoms with E-state index in [9.17, 15) is 4.79 Å². The molecule has 80 valence electrons. The van der Waals surface area contributed by atoms with Crippen molar-refractivity contribution in [3.8, 4) is 0 Å². The second-order valence-electron chi connectivity index (χ2n) is 3.59. The Morgan fingerprint density at radius 1 is 1.64 bits per heavy atom. The molecule has 0 spiro atoms. The van der Waals surface area contributed by atoms with Gasteiger partial charge in [0.2, 0.25) is 5.91 Å². The van der Waals surface area contributed by atoms with E-state index in [4.69, 9.17) is 5.11 Å². The van der Waals surface area contributed by atoms with Crippen LogP contribution in [0, 0.1) is 0 Å². The summed E-state index contributed by atoms with van der Waals surface area (Å²) in [4.78, 5) is 11.6. The molecule has 1 unspecified atom stereocenters. The summed E-state index contributed by atoms with van der Waals surface area (Å²) in [6.45, 7) is 5.40. The van der Waals surface area contributed by atoms with Crippen LogP contribution in [0.2, 0.25) is 0 Å². The molecule has 0 aliphatic carbocycles. The van der Waals surface area contributed by atoms with Gasteiger partial charge in [0, 0.05) is 18.7 Å². The zero-order chi connectivity index (χ0) is 10.6. The van der Waals surface area contributed by atoms with Crippen molar-refractivity contribution >= 4 is 5.91 Å². The lowest BCUT2D eigenvalue weighted by atomic mass is 10.0. The molecule has 4 nitrogen and oxygen atoms in total. The van der Waals surface area contributed by atoms with Gasteiger partial charge in [0.1, 0.15) is 0 Å². The first-order valence-corrected chi connectivity index (χ1v) is 5.00. The Kier molecular flexibility index (Phi) is 4.10. The Bertz CT molecular complexity index is 239. The monoisotopic (exact) mass is 198 g/mol. The van der Waals surface area contributed by atoms with E-state index in [2.05, 4.69) is 10.6 Å². The highest BCUT2D eigenvalue weighted by Crippen LogP contribution is 2.08. The molecule has 1 fully saturated rings. The number of carbonyl (C=O) groups is 1. The Balaban J connectivity index is 2.48. The number of nitrogens with one attached hydrogen (secondary N) is 2. The lowest BCUT2D eigenvalue weighted by Gasteiger charge is -2.22. The van der Waals surface area contributed by atoms with Crippen LogP contribution in [0.25, 0.3) is 0 Å². The second kappa shape index (κ2) is 5.12. The van der Waals surface area contributed by atoms with E-state index in [0.717, 1.165) is 30.7 Å². The molecule has 14 heavy (non-hydrogen) atoms. The van der Waals surface area contributed by atoms with Gasteiger partial charge in [-0.3, -0.25) is 4.79 Å². The maximum Gasteiger partial charge on any atom is 0.247 e. The van der Waals surface area contributed by atoms with Gasteiger partial charge in [-0.05, 0) is 18.9 Å². The molecule has 1 atom stereocenters. The van der Waals surface area contributed by atoms with E-state index in [1.165, 1.54) is 0 Å². The molecule has 0 bridgehead atoms. The molecule has 1 aliphatic heterocycles. The first-order valence-electron chi connectivity index (χ1n) is 5.00. The lowest BCUT2D eigenvalue weighted by Crippen LogP contribution is -2.41. The molecule has 3 N–H and O–H groups in total. The predicted octanol–water partition coefficient (Wildman–Crippen LogP) is -0.207. The van der Waals surface area contributed by atoms with E-state index in [1.807, 2.05) is 13.8 Å². The second-order valence-corrected chi connectivity index (χ2v) is 3.59. The SMILES string of the molecule is CCC(CO)NC(=O)C(C)=C1CNC1. The zero-order valence-electron chi connectivity index (χ0n) is 8.76. The van der Waals surface area contributed by atoms with Crippen LogP contribution in [-0.2, 0) is 4.79 Å². The van der Waals surface area contributed by atoms with Crippen LogP contribution in [0.4, 0.5) is 0 Å². The van der Waals surface area contributed by atoms with Crippen molar-refractivity contribution in [1.29, 1.82) is 0 Å². The number of hydrogen-bond donors (Lipinski definition) is 3. The molecule has 0 aromatic rings. The standard InChI is InChI=1S/C10H18N2O2/c1-3-9(6-13)12-10(14)7(2)8-4-11-5-8/h9,11,13H,3-6H2,1-2H3,(H,12,14). The third-order valence-corrected chi connectivity index (χ3v) is 2.60. The van der Waals surface area contributed by atoms with Gasteiger partial charge in [0.05, 0.1) is 12.6 Å². The smallest absolute Gasteiger partial charge is 0.247 e. The van der Waals surface area contributed by atoms with Crippen molar-refractivity contribution in [2.24, 2.45) is 0 Å². The van der Waals surface area contributed by atoms with Crippen molar-refractivity contribution in [2.45, 2.75) is 26.3 Å². The van der Waals surface area contributed by atoms with Gasteiger partial charge >= 0.3 is 0 Å². The Hall–Kier alpha value is -0.870. The first kappa shape index (κ1) is 11.2. The van der Waals surface area contributed by atoms with Gasteiger partial charge in [0.25, 0.3) is 0 Å². The molecule has 0 saturated carbocycles. The number of rotatable bonds is 4. The molecule has 0 aromatic carbocycles. The van der Waals surface area contributed by atoms with E-state index in [0.29, 0.717) is 0 Å². The average molecular weight is 198 g/mol. The van der Waals surface area contributed by atoms with E-state index >= 15 is 0 Å². The van der Waals surface area contributed by atoms with Gasteiger partial charge in [-0.2, -0.15) is 0 Å². The van der Waals surface area contributed by atoms with Gasteiger partial charge < -0.3 is 15.7 Å². The van der Waals surface area contributed by atoms with Crippen LogP contribution in [0.5, 0.6) is 0 Å². The molecule has 1 amide bonds. The number of amides is 1. The minimum Gasteiger partial charge on any atom is -0.394 e. The normalized spacial score (nSPS) is 17.2. The zero-order valence-corrected chi connectivity index (χ0v) is 8.76. The highest BCUT2D eigenvalue weighted by atomic mass is 16.3. The average Bonchev–Trinajstić information content (AvgIpc) is 2.10. The summed E-state index contributed by atoms with van der Waals surface area (Å²) in [5.41, 5.74) is 1.95. The van der Waals surface area contributed by atoms with Crippen molar-refractivity contribution in [2.75, 3.05) is 19.7 Å². The van der Waals surface area contributed by atoms with Crippen LogP contribution in [0.1, 0.15) is 20.3 Å². The maximum atomic E-state index is 11.6. The Labute approximate surface area is 84.4 Å². The van der Waals surface area contributed by atoms with Gasteiger partial charge in [-0.1, -0.05) is 6.92 Å². The molecule has 1 aliphatic rings. The molecular formula is C10H18N2O2. The third kappa shape index (κ3) is 2.56. The van der Waals surface area contributed by atoms with Gasteiger partial charge in [-0.25, -0.2) is 0 Å². The fourth-order valence-corrected chi connectivity index (χ4v) is 1.25. The molecular weight excluding hydrogens is 180 g/mol. The largest absolute Gasteiger partial charge is 0.394 e. The number of carbonyl (C=O) groups excluding carboxylic acids is 1. The minimum absolute atomic E-state index is 0.00308. The van der Waals surface area contributed by atoms with Crippen LogP contribution in [0.15, 0.2) is 11.1 Å². The van der Waals surface area contributed by atoms with Gasteiger partial charge in [-0.15, -0.1) is 0 Å². The predicted molar refractivity (Wildman–Crippen MR) is 54.9 cm³/mol. The summed E-state index contributed by atoms with van der Waals surface area (Å²) in [6.07, 6.45) is 0.753. The Morgan fingerprint density at radius 2 is 2.29 bits per heavy atom. The highest BCUT2D eigenvalue weighted by molar-refractivity contribution is 5.94. The van der Waals surface area contributed by atoms with Gasteiger partial charge in [0.15, 0.2) is 0 Å². The topological polar surface area (TPSA) is 61.4 Å². The van der Waals surface area contributed by atoms with Crippen LogP contribution in [-0.4, -0.2) is 36.8 Å². The lowest BCUT2D eigenvalue weighted by molar-refractivity contribution is -0.118. The van der Waals surface area contributed by atoms with E-state index < -0.39 is 0 Å².